The summed E-state index contributed by atoms with van der Waals surface area (Å²) in [5.74, 6) is -1.38. The van der Waals surface area contributed by atoms with E-state index < -0.39 is 41.5 Å². The second-order valence-corrected chi connectivity index (χ2v) is 13.6. The Bertz CT molecular complexity index is 1270. The van der Waals surface area contributed by atoms with Crippen molar-refractivity contribution >= 4 is 29.6 Å². The Morgan fingerprint density at radius 3 is 2.49 bits per heavy atom. The molecule has 4 rings (SSSR count). The lowest BCUT2D eigenvalue weighted by Crippen LogP contribution is -2.60. The lowest BCUT2D eigenvalue weighted by molar-refractivity contribution is -0.144. The first-order valence-corrected chi connectivity index (χ1v) is 15.0. The molecule has 3 N–H and O–H groups in total. The van der Waals surface area contributed by atoms with Gasteiger partial charge in [-0.3, -0.25) is 19.2 Å². The predicted octanol–water partition coefficient (Wildman–Crippen LogP) is 1.42. The van der Waals surface area contributed by atoms with Crippen molar-refractivity contribution in [2.24, 2.45) is 28.6 Å². The molecule has 238 valence electrons. The van der Waals surface area contributed by atoms with Crippen LogP contribution in [0.2, 0.25) is 0 Å². The maximum Gasteiger partial charge on any atom is 0.407 e. The fourth-order valence-corrected chi connectivity index (χ4v) is 6.60. The number of nitrogens with one attached hydrogen (secondary N) is 3. The zero-order valence-electron chi connectivity index (χ0n) is 26.5. The molecule has 1 saturated carbocycles. The van der Waals surface area contributed by atoms with E-state index >= 15 is 0 Å². The number of aromatic nitrogens is 2. The van der Waals surface area contributed by atoms with Crippen molar-refractivity contribution in [2.75, 3.05) is 26.8 Å². The zero-order chi connectivity index (χ0) is 31.9. The molecule has 3 fully saturated rings. The first kappa shape index (κ1) is 32.3. The van der Waals surface area contributed by atoms with Crippen molar-refractivity contribution in [1.29, 1.82) is 0 Å². The van der Waals surface area contributed by atoms with Gasteiger partial charge < -0.3 is 30.3 Å². The number of carbonyl (C=O) groups is 5. The minimum Gasteiger partial charge on any atom is -0.470 e. The van der Waals surface area contributed by atoms with Crippen molar-refractivity contribution in [3.63, 3.8) is 0 Å². The number of carbonyl (C=O) groups excluding carboxylic acids is 5. The van der Waals surface area contributed by atoms with Crippen molar-refractivity contribution in [2.45, 2.75) is 86.0 Å². The van der Waals surface area contributed by atoms with E-state index in [1.807, 2.05) is 34.6 Å². The van der Waals surface area contributed by atoms with Crippen LogP contribution < -0.4 is 20.7 Å². The maximum atomic E-state index is 14.1. The molecule has 3 aliphatic rings. The molecule has 2 saturated heterocycles. The quantitative estimate of drug-likeness (QED) is 0.343. The Morgan fingerprint density at radius 2 is 1.91 bits per heavy atom. The molecule has 3 heterocycles. The molecule has 4 amide bonds. The van der Waals surface area contributed by atoms with Gasteiger partial charge in [-0.15, -0.1) is 0 Å². The van der Waals surface area contributed by atoms with Gasteiger partial charge in [0.25, 0.3) is 0 Å². The summed E-state index contributed by atoms with van der Waals surface area (Å²) in [4.78, 5) is 67.6. The number of rotatable bonds is 11. The van der Waals surface area contributed by atoms with Gasteiger partial charge >= 0.3 is 6.09 Å². The number of ketones is 1. The van der Waals surface area contributed by atoms with Gasteiger partial charge in [-0.05, 0) is 49.4 Å². The monoisotopic (exact) mass is 602 g/mol. The predicted molar refractivity (Wildman–Crippen MR) is 156 cm³/mol. The van der Waals surface area contributed by atoms with E-state index in [1.54, 1.807) is 10.7 Å². The van der Waals surface area contributed by atoms with Crippen LogP contribution in [0.25, 0.3) is 0 Å². The number of fused-ring (bicyclic) bond motifs is 1. The fourth-order valence-electron chi connectivity index (χ4n) is 6.60. The average Bonchev–Trinajstić information content (AvgIpc) is 3.41. The SMILES string of the molecule is CCn1nc(C)cc1OCC(=O)[C@H](C[C@@H]1CCNC1=O)NC(=O)[C@@H]1[C@@H]2[C@H](CN1C(=O)[C@@H](NC(=O)OC)C(C)(C)C)C2(C)C. The standard InChI is InChI=1S/C30H46N6O7/c1-9-36-21(12-16(2)34-36)43-15-20(37)19(13-17-10-11-31-25(17)38)32-26(39)23-22-18(30(22,6)7)14-35(23)27(40)24(29(3,4)5)33-28(41)42-8/h12,17-19,22-24H,9-11,13-15H2,1-8H3,(H,31,38)(H,32,39)(H,33,41)/t17-,18-,19-,22-,23-,24+/m0/s1. The molecule has 0 bridgehead atoms. The molecular weight excluding hydrogens is 556 g/mol. The summed E-state index contributed by atoms with van der Waals surface area (Å²) in [5, 5.41) is 12.7. The van der Waals surface area contributed by atoms with Gasteiger partial charge in [0.15, 0.2) is 12.4 Å². The first-order valence-electron chi connectivity index (χ1n) is 15.0. The van der Waals surface area contributed by atoms with Gasteiger partial charge in [0.1, 0.15) is 12.1 Å². The van der Waals surface area contributed by atoms with Crippen molar-refractivity contribution in [3.8, 4) is 5.88 Å². The number of alkyl carbamates (subject to hydrolysis) is 1. The summed E-state index contributed by atoms with van der Waals surface area (Å²) in [6, 6.07) is -1.03. The maximum absolute atomic E-state index is 14.1. The number of aryl methyl sites for hydroxylation is 2. The number of ether oxygens (including phenoxy) is 2. The Hall–Kier alpha value is -3.64. The van der Waals surface area contributed by atoms with Gasteiger partial charge in [-0.2, -0.15) is 5.10 Å². The molecule has 6 atom stereocenters. The van der Waals surface area contributed by atoms with Crippen LogP contribution >= 0.6 is 0 Å². The number of methoxy groups -OCH3 is 1. The van der Waals surface area contributed by atoms with Crippen molar-refractivity contribution < 1.29 is 33.4 Å². The van der Waals surface area contributed by atoms with Crippen LogP contribution in [0.3, 0.4) is 0 Å². The van der Waals surface area contributed by atoms with Gasteiger partial charge in [0, 0.05) is 31.6 Å². The molecule has 43 heavy (non-hydrogen) atoms. The summed E-state index contributed by atoms with van der Waals surface area (Å²) >= 11 is 0. The highest BCUT2D eigenvalue weighted by Crippen LogP contribution is 2.65. The van der Waals surface area contributed by atoms with Crippen LogP contribution in [0.4, 0.5) is 4.79 Å². The molecule has 0 spiro atoms. The number of likely N-dealkylation sites (tertiary alicyclic amines) is 1. The van der Waals surface area contributed by atoms with Crippen LogP contribution in [0.5, 0.6) is 5.88 Å². The molecule has 13 heteroatoms. The number of piperidine rings is 1. The van der Waals surface area contributed by atoms with E-state index in [0.717, 1.165) is 5.69 Å². The van der Waals surface area contributed by atoms with Crippen LogP contribution in [0.15, 0.2) is 6.07 Å². The second-order valence-electron chi connectivity index (χ2n) is 13.6. The van der Waals surface area contributed by atoms with E-state index in [-0.39, 0.29) is 47.9 Å². The Morgan fingerprint density at radius 1 is 1.21 bits per heavy atom. The van der Waals surface area contributed by atoms with Gasteiger partial charge in [0.2, 0.25) is 23.6 Å². The highest BCUT2D eigenvalue weighted by atomic mass is 16.5. The average molecular weight is 603 g/mol. The largest absolute Gasteiger partial charge is 0.470 e. The third-order valence-electron chi connectivity index (χ3n) is 9.24. The zero-order valence-corrected chi connectivity index (χ0v) is 26.5. The van der Waals surface area contributed by atoms with Gasteiger partial charge in [0.05, 0.1) is 18.8 Å². The third-order valence-corrected chi connectivity index (χ3v) is 9.24. The minimum absolute atomic E-state index is 0.0987. The van der Waals surface area contributed by atoms with Crippen LogP contribution in [-0.4, -0.2) is 89.2 Å². The molecule has 1 aromatic heterocycles. The van der Waals surface area contributed by atoms with Crippen molar-refractivity contribution in [3.05, 3.63) is 11.8 Å². The first-order chi connectivity index (χ1) is 20.1. The minimum atomic E-state index is -0.995. The summed E-state index contributed by atoms with van der Waals surface area (Å²) in [6.07, 6.45) is -0.0585. The van der Waals surface area contributed by atoms with Crippen LogP contribution in [0.1, 0.15) is 60.1 Å². The van der Waals surface area contributed by atoms with Crippen LogP contribution in [-0.2, 0) is 30.5 Å². The van der Waals surface area contributed by atoms with Crippen LogP contribution in [0, 0.1) is 35.5 Å². The van der Waals surface area contributed by atoms with E-state index in [9.17, 15) is 24.0 Å². The summed E-state index contributed by atoms with van der Waals surface area (Å²) in [5.41, 5.74) is -0.0839. The normalized spacial score (nSPS) is 25.3. The Kier molecular flexibility index (Phi) is 9.13. The van der Waals surface area contributed by atoms with E-state index in [1.165, 1.54) is 12.0 Å². The smallest absolute Gasteiger partial charge is 0.407 e. The number of amides is 4. The lowest BCUT2D eigenvalue weighted by Gasteiger charge is -2.37. The Balaban J connectivity index is 1.56. The number of hydrogen-bond donors (Lipinski definition) is 3. The second kappa shape index (κ2) is 12.2. The summed E-state index contributed by atoms with van der Waals surface area (Å²) < 4.78 is 12.2. The Labute approximate surface area is 252 Å². The fraction of sp³-hybridized carbons (Fsp3) is 0.733. The van der Waals surface area contributed by atoms with E-state index in [2.05, 4.69) is 34.9 Å². The highest BCUT2D eigenvalue weighted by Gasteiger charge is 2.70. The molecule has 0 radical (unpaired) electrons. The van der Waals surface area contributed by atoms with E-state index in [4.69, 9.17) is 9.47 Å². The molecule has 0 unspecified atom stereocenters. The molecule has 0 aromatic carbocycles. The number of Topliss-reactive ketones (excluding diaryl/α,β-unsaturated/α-hetero) is 1. The summed E-state index contributed by atoms with van der Waals surface area (Å²) in [6.45, 7) is 14.5. The lowest BCUT2D eigenvalue weighted by atomic mass is 9.85. The van der Waals surface area contributed by atoms with Gasteiger partial charge in [-0.1, -0.05) is 34.6 Å². The molecule has 1 aliphatic carbocycles. The van der Waals surface area contributed by atoms with Gasteiger partial charge in [-0.25, -0.2) is 9.48 Å². The molecule has 2 aliphatic heterocycles. The highest BCUT2D eigenvalue weighted by molar-refractivity contribution is 5.96. The molecular formula is C30H46N6O7. The summed E-state index contributed by atoms with van der Waals surface area (Å²) in [7, 11) is 1.23. The molecule has 1 aromatic rings. The van der Waals surface area contributed by atoms with E-state index in [0.29, 0.717) is 31.9 Å². The number of nitrogens with zero attached hydrogens (tertiary/aromatic N) is 3. The van der Waals surface area contributed by atoms with Crippen molar-refractivity contribution in [1.82, 2.24) is 30.6 Å². The third kappa shape index (κ3) is 6.65. The topological polar surface area (TPSA) is 161 Å². The molecule has 13 nitrogen and oxygen atoms in total. The number of hydrogen-bond acceptors (Lipinski definition) is 8.